The second kappa shape index (κ2) is 4.77. The van der Waals surface area contributed by atoms with Crippen molar-refractivity contribution >= 4 is 0 Å². The molecular formula is C11H22N2. The smallest absolute Gasteiger partial charge is 0.0191 e. The molecule has 0 aromatic heterocycles. The van der Waals surface area contributed by atoms with E-state index in [-0.39, 0.29) is 0 Å². The van der Waals surface area contributed by atoms with E-state index in [0.717, 1.165) is 13.1 Å². The molecule has 0 aromatic carbocycles. The van der Waals surface area contributed by atoms with E-state index in [1.165, 1.54) is 18.5 Å². The molecule has 0 bridgehead atoms. The summed E-state index contributed by atoms with van der Waals surface area (Å²) in [5.74, 6) is 0.590. The van der Waals surface area contributed by atoms with Gasteiger partial charge in [0.25, 0.3) is 0 Å². The first-order valence-corrected chi connectivity index (χ1v) is 5.23. The van der Waals surface area contributed by atoms with Gasteiger partial charge in [0.05, 0.1) is 0 Å². The van der Waals surface area contributed by atoms with Crippen molar-refractivity contribution in [1.82, 2.24) is 4.90 Å². The lowest BCUT2D eigenvalue weighted by Gasteiger charge is -2.29. The number of nitrogens with zero attached hydrogens (tertiary/aromatic N) is 1. The van der Waals surface area contributed by atoms with E-state index in [1.807, 2.05) is 0 Å². The Bertz CT molecular complexity index is 185. The summed E-state index contributed by atoms with van der Waals surface area (Å²) >= 11 is 0. The predicted octanol–water partition coefficient (Wildman–Crippen LogP) is 1.62. The fraction of sp³-hybridized carbons (Fsp3) is 0.818. The molecule has 0 aliphatic carbocycles. The fourth-order valence-electron chi connectivity index (χ4n) is 1.49. The Morgan fingerprint density at radius 3 is 2.69 bits per heavy atom. The van der Waals surface area contributed by atoms with Crippen LogP contribution in [0.3, 0.4) is 0 Å². The van der Waals surface area contributed by atoms with E-state index < -0.39 is 0 Å². The molecule has 1 atom stereocenters. The van der Waals surface area contributed by atoms with Crippen molar-refractivity contribution in [3.63, 3.8) is 0 Å². The summed E-state index contributed by atoms with van der Waals surface area (Å²) in [4.78, 5) is 2.44. The van der Waals surface area contributed by atoms with Crippen molar-refractivity contribution in [3.8, 4) is 0 Å². The van der Waals surface area contributed by atoms with Crippen LogP contribution in [0.15, 0.2) is 11.6 Å². The summed E-state index contributed by atoms with van der Waals surface area (Å²) in [6.07, 6.45) is 3.53. The fourth-order valence-corrected chi connectivity index (χ4v) is 1.49. The van der Waals surface area contributed by atoms with Gasteiger partial charge >= 0.3 is 0 Å². The van der Waals surface area contributed by atoms with Gasteiger partial charge in [-0.2, -0.15) is 0 Å². The van der Waals surface area contributed by atoms with Gasteiger partial charge < -0.3 is 5.73 Å². The lowest BCUT2D eigenvalue weighted by atomic mass is 10.0. The number of rotatable bonds is 3. The SMILES string of the molecule is CC1=CCN(CC(N)C(C)C)CC1. The van der Waals surface area contributed by atoms with Gasteiger partial charge in [0.1, 0.15) is 0 Å². The Hall–Kier alpha value is -0.340. The van der Waals surface area contributed by atoms with Crippen LogP contribution in [-0.2, 0) is 0 Å². The second-order valence-corrected chi connectivity index (χ2v) is 4.47. The molecular weight excluding hydrogens is 160 g/mol. The van der Waals surface area contributed by atoms with Crippen LogP contribution in [0.5, 0.6) is 0 Å². The third kappa shape index (κ3) is 3.49. The van der Waals surface area contributed by atoms with E-state index in [0.29, 0.717) is 12.0 Å². The molecule has 1 heterocycles. The molecule has 0 saturated heterocycles. The number of hydrogen-bond donors (Lipinski definition) is 1. The molecule has 1 aliphatic heterocycles. The molecule has 2 heteroatoms. The Morgan fingerprint density at radius 2 is 2.23 bits per heavy atom. The maximum Gasteiger partial charge on any atom is 0.0191 e. The van der Waals surface area contributed by atoms with Crippen molar-refractivity contribution < 1.29 is 0 Å². The summed E-state index contributed by atoms with van der Waals surface area (Å²) < 4.78 is 0. The molecule has 1 rings (SSSR count). The van der Waals surface area contributed by atoms with Gasteiger partial charge in [0.2, 0.25) is 0 Å². The highest BCUT2D eigenvalue weighted by Crippen LogP contribution is 2.10. The Labute approximate surface area is 81.8 Å². The summed E-state index contributed by atoms with van der Waals surface area (Å²) in [6.45, 7) is 9.90. The van der Waals surface area contributed by atoms with Crippen molar-refractivity contribution in [2.75, 3.05) is 19.6 Å². The van der Waals surface area contributed by atoms with Gasteiger partial charge in [0, 0.05) is 25.7 Å². The van der Waals surface area contributed by atoms with Crippen LogP contribution in [0.25, 0.3) is 0 Å². The third-order valence-corrected chi connectivity index (χ3v) is 2.85. The highest BCUT2D eigenvalue weighted by atomic mass is 15.1. The molecule has 0 aromatic rings. The molecule has 2 nitrogen and oxygen atoms in total. The second-order valence-electron chi connectivity index (χ2n) is 4.47. The maximum absolute atomic E-state index is 6.02. The molecule has 2 N–H and O–H groups in total. The first-order valence-electron chi connectivity index (χ1n) is 5.23. The Kier molecular flexibility index (Phi) is 3.94. The largest absolute Gasteiger partial charge is 0.326 e. The lowest BCUT2D eigenvalue weighted by molar-refractivity contribution is 0.253. The molecule has 0 radical (unpaired) electrons. The minimum absolute atomic E-state index is 0.326. The van der Waals surface area contributed by atoms with Gasteiger partial charge in [-0.1, -0.05) is 25.5 Å². The maximum atomic E-state index is 6.02. The highest BCUT2D eigenvalue weighted by molar-refractivity contribution is 5.03. The molecule has 0 saturated carbocycles. The third-order valence-electron chi connectivity index (χ3n) is 2.85. The Morgan fingerprint density at radius 1 is 1.54 bits per heavy atom. The standard InChI is InChI=1S/C11H22N2/c1-9(2)11(12)8-13-6-4-10(3)5-7-13/h4,9,11H,5-8,12H2,1-3H3. The summed E-state index contributed by atoms with van der Waals surface area (Å²) in [7, 11) is 0. The summed E-state index contributed by atoms with van der Waals surface area (Å²) in [5, 5.41) is 0. The first-order chi connectivity index (χ1) is 6.09. The van der Waals surface area contributed by atoms with E-state index in [4.69, 9.17) is 5.73 Å². The molecule has 0 amide bonds. The van der Waals surface area contributed by atoms with Crippen LogP contribution >= 0.6 is 0 Å². The Balaban J connectivity index is 2.31. The van der Waals surface area contributed by atoms with E-state index in [1.54, 1.807) is 0 Å². The molecule has 1 unspecified atom stereocenters. The topological polar surface area (TPSA) is 29.3 Å². The van der Waals surface area contributed by atoms with Crippen LogP contribution in [0.2, 0.25) is 0 Å². The van der Waals surface area contributed by atoms with Gasteiger partial charge in [-0.25, -0.2) is 0 Å². The molecule has 13 heavy (non-hydrogen) atoms. The average Bonchev–Trinajstić information content (AvgIpc) is 2.08. The van der Waals surface area contributed by atoms with Crippen molar-refractivity contribution in [2.45, 2.75) is 33.2 Å². The van der Waals surface area contributed by atoms with Gasteiger partial charge in [-0.3, -0.25) is 4.90 Å². The average molecular weight is 182 g/mol. The number of hydrogen-bond acceptors (Lipinski definition) is 2. The zero-order valence-corrected chi connectivity index (χ0v) is 9.09. The quantitative estimate of drug-likeness (QED) is 0.672. The molecule has 1 aliphatic rings. The van der Waals surface area contributed by atoms with E-state index in [2.05, 4.69) is 31.7 Å². The van der Waals surface area contributed by atoms with Gasteiger partial charge in [0.15, 0.2) is 0 Å². The van der Waals surface area contributed by atoms with E-state index >= 15 is 0 Å². The molecule has 0 spiro atoms. The predicted molar refractivity (Wildman–Crippen MR) is 57.6 cm³/mol. The van der Waals surface area contributed by atoms with Crippen LogP contribution in [-0.4, -0.2) is 30.6 Å². The first kappa shape index (κ1) is 10.7. The zero-order chi connectivity index (χ0) is 9.84. The van der Waals surface area contributed by atoms with Gasteiger partial charge in [-0.15, -0.1) is 0 Å². The summed E-state index contributed by atoms with van der Waals surface area (Å²) in [6, 6.07) is 0.326. The van der Waals surface area contributed by atoms with Crippen molar-refractivity contribution in [2.24, 2.45) is 11.7 Å². The number of nitrogens with two attached hydrogens (primary N) is 1. The normalized spacial score (nSPS) is 21.8. The minimum atomic E-state index is 0.326. The van der Waals surface area contributed by atoms with Crippen molar-refractivity contribution in [1.29, 1.82) is 0 Å². The minimum Gasteiger partial charge on any atom is -0.326 e. The lowest BCUT2D eigenvalue weighted by Crippen LogP contribution is -2.42. The van der Waals surface area contributed by atoms with Crippen LogP contribution in [0, 0.1) is 5.92 Å². The molecule has 76 valence electrons. The van der Waals surface area contributed by atoms with Crippen LogP contribution in [0.4, 0.5) is 0 Å². The van der Waals surface area contributed by atoms with Gasteiger partial charge in [-0.05, 0) is 19.3 Å². The highest BCUT2D eigenvalue weighted by Gasteiger charge is 2.14. The monoisotopic (exact) mass is 182 g/mol. The zero-order valence-electron chi connectivity index (χ0n) is 9.09. The van der Waals surface area contributed by atoms with Crippen LogP contribution < -0.4 is 5.73 Å². The molecule has 0 fully saturated rings. The van der Waals surface area contributed by atoms with Crippen LogP contribution in [0.1, 0.15) is 27.2 Å². The summed E-state index contributed by atoms with van der Waals surface area (Å²) in [5.41, 5.74) is 7.54. The van der Waals surface area contributed by atoms with E-state index in [9.17, 15) is 0 Å². The van der Waals surface area contributed by atoms with Crippen molar-refractivity contribution in [3.05, 3.63) is 11.6 Å².